The van der Waals surface area contributed by atoms with Gasteiger partial charge >= 0.3 is 0 Å². The Morgan fingerprint density at radius 3 is 2.43 bits per heavy atom. The molecule has 0 saturated carbocycles. The fraction of sp³-hybridized carbons (Fsp3) is 0.357. The SMILES string of the molecule is CC(C)NCc1ccc(S(=O)(=O)NCc2ccno2)cc1. The van der Waals surface area contributed by atoms with Gasteiger partial charge in [0.05, 0.1) is 17.6 Å². The number of benzene rings is 1. The molecule has 0 atom stereocenters. The molecular formula is C14H19N3O3S. The smallest absolute Gasteiger partial charge is 0.240 e. The van der Waals surface area contributed by atoms with E-state index in [9.17, 15) is 8.42 Å². The minimum absolute atomic E-state index is 0.0823. The molecule has 0 radical (unpaired) electrons. The first-order chi connectivity index (χ1) is 9.97. The number of sulfonamides is 1. The van der Waals surface area contributed by atoms with E-state index in [-0.39, 0.29) is 11.4 Å². The zero-order valence-corrected chi connectivity index (χ0v) is 12.9. The van der Waals surface area contributed by atoms with Crippen LogP contribution in [0.2, 0.25) is 0 Å². The first-order valence-corrected chi connectivity index (χ1v) is 8.17. The lowest BCUT2D eigenvalue weighted by Crippen LogP contribution is -2.23. The minimum Gasteiger partial charge on any atom is -0.360 e. The number of nitrogens with one attached hydrogen (secondary N) is 2. The molecule has 0 aliphatic carbocycles. The highest BCUT2D eigenvalue weighted by molar-refractivity contribution is 7.89. The van der Waals surface area contributed by atoms with Crippen molar-refractivity contribution in [3.05, 3.63) is 47.9 Å². The zero-order valence-electron chi connectivity index (χ0n) is 12.0. The quantitative estimate of drug-likeness (QED) is 0.812. The predicted octanol–water partition coefficient (Wildman–Crippen LogP) is 1.65. The molecule has 2 aromatic rings. The lowest BCUT2D eigenvalue weighted by atomic mass is 10.2. The van der Waals surface area contributed by atoms with Crippen molar-refractivity contribution < 1.29 is 12.9 Å². The second-order valence-electron chi connectivity index (χ2n) is 4.98. The van der Waals surface area contributed by atoms with Crippen LogP contribution >= 0.6 is 0 Å². The van der Waals surface area contributed by atoms with E-state index in [4.69, 9.17) is 4.52 Å². The van der Waals surface area contributed by atoms with Gasteiger partial charge in [0.15, 0.2) is 5.76 Å². The molecule has 2 rings (SSSR count). The Labute approximate surface area is 124 Å². The molecule has 1 heterocycles. The van der Waals surface area contributed by atoms with Crippen molar-refractivity contribution in [3.8, 4) is 0 Å². The standard InChI is InChI=1S/C14H19N3O3S/c1-11(2)15-9-12-3-5-14(6-4-12)21(18,19)17-10-13-7-8-16-20-13/h3-8,11,15,17H,9-10H2,1-2H3. The molecule has 6 nitrogen and oxygen atoms in total. The molecule has 0 fully saturated rings. The monoisotopic (exact) mass is 309 g/mol. The second-order valence-corrected chi connectivity index (χ2v) is 6.75. The van der Waals surface area contributed by atoms with Gasteiger partial charge in [-0.3, -0.25) is 0 Å². The van der Waals surface area contributed by atoms with Gasteiger partial charge in [0, 0.05) is 18.7 Å². The molecule has 0 aliphatic heterocycles. The minimum atomic E-state index is -3.54. The van der Waals surface area contributed by atoms with Crippen LogP contribution in [0.4, 0.5) is 0 Å². The molecule has 0 spiro atoms. The Morgan fingerprint density at radius 1 is 1.14 bits per heavy atom. The lowest BCUT2D eigenvalue weighted by molar-refractivity contribution is 0.380. The summed E-state index contributed by atoms with van der Waals surface area (Å²) in [4.78, 5) is 0.232. The number of hydrogen-bond donors (Lipinski definition) is 2. The van der Waals surface area contributed by atoms with Crippen molar-refractivity contribution in [2.45, 2.75) is 37.9 Å². The Morgan fingerprint density at radius 2 is 1.86 bits per heavy atom. The highest BCUT2D eigenvalue weighted by atomic mass is 32.2. The Balaban J connectivity index is 1.99. The topological polar surface area (TPSA) is 84.2 Å². The average Bonchev–Trinajstić information content (AvgIpc) is 2.97. The third kappa shape index (κ3) is 4.66. The van der Waals surface area contributed by atoms with E-state index < -0.39 is 10.0 Å². The summed E-state index contributed by atoms with van der Waals surface area (Å²) < 4.78 is 31.6. The van der Waals surface area contributed by atoms with E-state index in [2.05, 4.69) is 29.0 Å². The zero-order chi connectivity index (χ0) is 15.3. The third-order valence-corrected chi connectivity index (χ3v) is 4.29. The van der Waals surface area contributed by atoms with Crippen LogP contribution < -0.4 is 10.0 Å². The fourth-order valence-corrected chi connectivity index (χ4v) is 2.68. The van der Waals surface area contributed by atoms with Crippen molar-refractivity contribution in [2.24, 2.45) is 0 Å². The summed E-state index contributed by atoms with van der Waals surface area (Å²) in [7, 11) is -3.54. The van der Waals surface area contributed by atoms with E-state index in [0.717, 1.165) is 5.56 Å². The molecule has 0 amide bonds. The molecule has 0 aliphatic rings. The Hall–Kier alpha value is -1.70. The molecule has 1 aromatic heterocycles. The molecule has 7 heteroatoms. The van der Waals surface area contributed by atoms with Gasteiger partial charge in [-0.1, -0.05) is 31.1 Å². The van der Waals surface area contributed by atoms with Crippen LogP contribution in [-0.2, 0) is 23.1 Å². The van der Waals surface area contributed by atoms with Crippen molar-refractivity contribution in [3.63, 3.8) is 0 Å². The molecule has 0 bridgehead atoms. The van der Waals surface area contributed by atoms with Crippen LogP contribution in [0.25, 0.3) is 0 Å². The van der Waals surface area contributed by atoms with Gasteiger partial charge in [0.1, 0.15) is 0 Å². The molecule has 0 unspecified atom stereocenters. The van der Waals surface area contributed by atoms with Crippen molar-refractivity contribution in [1.29, 1.82) is 0 Å². The fourth-order valence-electron chi connectivity index (χ4n) is 1.69. The summed E-state index contributed by atoms with van der Waals surface area (Å²) in [5.74, 6) is 0.469. The Bertz CT molecular complexity index is 649. The van der Waals surface area contributed by atoms with Gasteiger partial charge in [0.25, 0.3) is 0 Å². The predicted molar refractivity (Wildman–Crippen MR) is 78.9 cm³/mol. The van der Waals surface area contributed by atoms with Crippen LogP contribution in [0.5, 0.6) is 0 Å². The highest BCUT2D eigenvalue weighted by Crippen LogP contribution is 2.11. The number of hydrogen-bond acceptors (Lipinski definition) is 5. The van der Waals surface area contributed by atoms with Gasteiger partial charge < -0.3 is 9.84 Å². The summed E-state index contributed by atoms with van der Waals surface area (Å²) in [5, 5.41) is 6.80. The molecular weight excluding hydrogens is 290 g/mol. The van der Waals surface area contributed by atoms with Crippen molar-refractivity contribution >= 4 is 10.0 Å². The molecule has 2 N–H and O–H groups in total. The van der Waals surface area contributed by atoms with E-state index in [1.165, 1.54) is 6.20 Å². The van der Waals surface area contributed by atoms with Crippen LogP contribution in [-0.4, -0.2) is 19.6 Å². The summed E-state index contributed by atoms with van der Waals surface area (Å²) in [5.41, 5.74) is 1.04. The van der Waals surface area contributed by atoms with E-state index in [1.807, 2.05) is 0 Å². The highest BCUT2D eigenvalue weighted by Gasteiger charge is 2.14. The number of rotatable bonds is 7. The average molecular weight is 309 g/mol. The van der Waals surface area contributed by atoms with Crippen LogP contribution in [0, 0.1) is 0 Å². The maximum atomic E-state index is 12.1. The van der Waals surface area contributed by atoms with Gasteiger partial charge in [-0.25, -0.2) is 13.1 Å². The van der Waals surface area contributed by atoms with Crippen molar-refractivity contribution in [2.75, 3.05) is 0 Å². The molecule has 21 heavy (non-hydrogen) atoms. The number of nitrogens with zero attached hydrogens (tertiary/aromatic N) is 1. The van der Waals surface area contributed by atoms with E-state index in [0.29, 0.717) is 18.3 Å². The lowest BCUT2D eigenvalue weighted by Gasteiger charge is -2.09. The summed E-state index contributed by atoms with van der Waals surface area (Å²) in [6, 6.07) is 8.80. The van der Waals surface area contributed by atoms with Crippen LogP contribution in [0.1, 0.15) is 25.2 Å². The second kappa shape index (κ2) is 6.84. The van der Waals surface area contributed by atoms with Crippen LogP contribution in [0.3, 0.4) is 0 Å². The summed E-state index contributed by atoms with van der Waals surface area (Å²) >= 11 is 0. The first kappa shape index (κ1) is 15.7. The molecule has 0 saturated heterocycles. The van der Waals surface area contributed by atoms with E-state index >= 15 is 0 Å². The maximum absolute atomic E-state index is 12.1. The van der Waals surface area contributed by atoms with Gasteiger partial charge in [-0.15, -0.1) is 0 Å². The van der Waals surface area contributed by atoms with Gasteiger partial charge in [0.2, 0.25) is 10.0 Å². The number of aromatic nitrogens is 1. The molecule has 1 aromatic carbocycles. The first-order valence-electron chi connectivity index (χ1n) is 6.69. The van der Waals surface area contributed by atoms with Gasteiger partial charge in [-0.05, 0) is 17.7 Å². The molecule has 114 valence electrons. The Kier molecular flexibility index (Phi) is 5.11. The van der Waals surface area contributed by atoms with Crippen LogP contribution in [0.15, 0.2) is 45.9 Å². The summed E-state index contributed by atoms with van der Waals surface area (Å²) in [6.07, 6.45) is 1.47. The van der Waals surface area contributed by atoms with E-state index in [1.54, 1.807) is 30.3 Å². The van der Waals surface area contributed by atoms with Crippen molar-refractivity contribution in [1.82, 2.24) is 15.2 Å². The summed E-state index contributed by atoms with van der Waals surface area (Å²) in [6.45, 7) is 4.92. The third-order valence-electron chi connectivity index (χ3n) is 2.88. The largest absolute Gasteiger partial charge is 0.360 e. The van der Waals surface area contributed by atoms with Gasteiger partial charge in [-0.2, -0.15) is 0 Å². The normalized spacial score (nSPS) is 12.0. The maximum Gasteiger partial charge on any atom is 0.240 e.